The predicted molar refractivity (Wildman–Crippen MR) is 163 cm³/mol. The van der Waals surface area contributed by atoms with E-state index in [0.717, 1.165) is 19.2 Å². The molecular weight excluding hydrogens is 615 g/mol. The van der Waals surface area contributed by atoms with Gasteiger partial charge in [-0.15, -0.1) is 0 Å². The molecular formula is C30H20BrNO2S4. The van der Waals surface area contributed by atoms with E-state index >= 15 is 0 Å². The van der Waals surface area contributed by atoms with Crippen LogP contribution in [-0.4, -0.2) is 4.92 Å². The molecule has 38 heavy (non-hydrogen) atoms. The van der Waals surface area contributed by atoms with Gasteiger partial charge in [-0.2, -0.15) is 0 Å². The van der Waals surface area contributed by atoms with Gasteiger partial charge in [-0.25, -0.2) is 0 Å². The normalized spacial score (nSPS) is 10.9. The first-order chi connectivity index (χ1) is 18.5. The monoisotopic (exact) mass is 633 g/mol. The average Bonchev–Trinajstić information content (AvgIpc) is 2.93. The standard InChI is InChI=1S/C30H20BrNO2S4/c31-21-1-5-23(6-2-21)35-25-9-13-27(14-10-25)37-29-17-19-30(20-18-29)38-28-15-11-26(12-16-28)36-24-7-3-22(4-8-24)32(33)34/h1-20H. The fourth-order valence-electron chi connectivity index (χ4n) is 3.41. The number of non-ortho nitro benzene ring substituents is 1. The van der Waals surface area contributed by atoms with Gasteiger partial charge >= 0.3 is 0 Å². The second kappa shape index (κ2) is 13.0. The van der Waals surface area contributed by atoms with Crippen molar-refractivity contribution in [1.29, 1.82) is 0 Å². The van der Waals surface area contributed by atoms with E-state index in [9.17, 15) is 10.1 Å². The van der Waals surface area contributed by atoms with Gasteiger partial charge in [0.2, 0.25) is 0 Å². The van der Waals surface area contributed by atoms with Crippen LogP contribution in [0.1, 0.15) is 0 Å². The molecule has 5 aromatic carbocycles. The molecule has 5 aromatic rings. The molecule has 0 radical (unpaired) electrons. The Morgan fingerprint density at radius 1 is 0.421 bits per heavy atom. The summed E-state index contributed by atoms with van der Waals surface area (Å²) in [6.45, 7) is 0. The van der Waals surface area contributed by atoms with Crippen LogP contribution in [0.3, 0.4) is 0 Å². The zero-order chi connectivity index (χ0) is 26.3. The number of hydrogen-bond acceptors (Lipinski definition) is 6. The highest BCUT2D eigenvalue weighted by Gasteiger charge is 2.06. The maximum absolute atomic E-state index is 10.8. The van der Waals surface area contributed by atoms with Crippen LogP contribution in [0.4, 0.5) is 5.69 Å². The van der Waals surface area contributed by atoms with Gasteiger partial charge in [-0.05, 0) is 109 Å². The Morgan fingerprint density at radius 3 is 0.868 bits per heavy atom. The van der Waals surface area contributed by atoms with Crippen LogP contribution in [0.15, 0.2) is 165 Å². The number of rotatable bonds is 9. The quantitative estimate of drug-likeness (QED) is 0.119. The summed E-state index contributed by atoms with van der Waals surface area (Å²) in [7, 11) is 0. The molecule has 8 heteroatoms. The van der Waals surface area contributed by atoms with Crippen molar-refractivity contribution >= 4 is 68.7 Å². The van der Waals surface area contributed by atoms with Crippen molar-refractivity contribution in [3.8, 4) is 0 Å². The van der Waals surface area contributed by atoms with Crippen LogP contribution in [0.25, 0.3) is 0 Å². The molecule has 5 rings (SSSR count). The first kappa shape index (κ1) is 27.0. The summed E-state index contributed by atoms with van der Waals surface area (Å²) in [4.78, 5) is 19.7. The zero-order valence-corrected chi connectivity index (χ0v) is 24.7. The Bertz CT molecular complexity index is 1510. The molecule has 0 spiro atoms. The van der Waals surface area contributed by atoms with Crippen molar-refractivity contribution < 1.29 is 4.92 Å². The highest BCUT2D eigenvalue weighted by Crippen LogP contribution is 2.36. The van der Waals surface area contributed by atoms with Gasteiger partial charge in [-0.1, -0.05) is 63.0 Å². The molecule has 0 atom stereocenters. The van der Waals surface area contributed by atoms with Crippen LogP contribution in [0.2, 0.25) is 0 Å². The fourth-order valence-corrected chi connectivity index (χ4v) is 6.94. The molecule has 0 aromatic heterocycles. The molecule has 188 valence electrons. The van der Waals surface area contributed by atoms with Crippen LogP contribution < -0.4 is 0 Å². The molecule has 0 amide bonds. The first-order valence-electron chi connectivity index (χ1n) is 11.5. The Kier molecular flexibility index (Phi) is 9.19. The molecule has 0 heterocycles. The molecule has 0 saturated carbocycles. The maximum Gasteiger partial charge on any atom is 0.269 e. The predicted octanol–water partition coefficient (Wildman–Crippen LogP) is 11.0. The van der Waals surface area contributed by atoms with E-state index in [0.29, 0.717) is 0 Å². The molecule has 0 unspecified atom stereocenters. The second-order valence-corrected chi connectivity index (χ2v) is 13.5. The van der Waals surface area contributed by atoms with E-state index in [-0.39, 0.29) is 10.6 Å². The number of benzene rings is 5. The smallest absolute Gasteiger partial charge is 0.258 e. The largest absolute Gasteiger partial charge is 0.269 e. The van der Waals surface area contributed by atoms with E-state index in [1.165, 1.54) is 36.6 Å². The topological polar surface area (TPSA) is 43.1 Å². The molecule has 0 saturated heterocycles. The summed E-state index contributed by atoms with van der Waals surface area (Å²) in [6, 6.07) is 40.7. The van der Waals surface area contributed by atoms with Gasteiger partial charge in [0.15, 0.2) is 0 Å². The Hall–Kier alpha value is -2.62. The summed E-state index contributed by atoms with van der Waals surface area (Å²) < 4.78 is 1.09. The first-order valence-corrected chi connectivity index (χ1v) is 15.6. The molecule has 0 aliphatic heterocycles. The lowest BCUT2D eigenvalue weighted by atomic mass is 10.3. The molecule has 0 bridgehead atoms. The number of nitrogens with zero attached hydrogens (tertiary/aromatic N) is 1. The number of hydrogen-bond donors (Lipinski definition) is 0. The van der Waals surface area contributed by atoms with E-state index in [4.69, 9.17) is 0 Å². The van der Waals surface area contributed by atoms with Gasteiger partial charge in [0.1, 0.15) is 0 Å². The van der Waals surface area contributed by atoms with Gasteiger partial charge in [0, 0.05) is 55.8 Å². The van der Waals surface area contributed by atoms with Crippen LogP contribution in [0, 0.1) is 10.1 Å². The molecule has 0 fully saturated rings. The molecule has 0 N–H and O–H groups in total. The van der Waals surface area contributed by atoms with Crippen molar-refractivity contribution in [2.45, 2.75) is 39.2 Å². The summed E-state index contributed by atoms with van der Waals surface area (Å²) in [5.41, 5.74) is 0.107. The summed E-state index contributed by atoms with van der Waals surface area (Å²) in [5, 5.41) is 10.8. The van der Waals surface area contributed by atoms with Crippen LogP contribution in [-0.2, 0) is 0 Å². The van der Waals surface area contributed by atoms with Crippen molar-refractivity contribution in [3.63, 3.8) is 0 Å². The lowest BCUT2D eigenvalue weighted by Crippen LogP contribution is -1.86. The Labute approximate surface area is 247 Å². The summed E-state index contributed by atoms with van der Waals surface area (Å²) in [6.07, 6.45) is 0. The van der Waals surface area contributed by atoms with Crippen molar-refractivity contribution in [2.75, 3.05) is 0 Å². The minimum absolute atomic E-state index is 0.107. The SMILES string of the molecule is O=[N+]([O-])c1ccc(Sc2ccc(Sc3ccc(Sc4ccc(Sc5ccc(Br)cc5)cc4)cc3)cc2)cc1. The average molecular weight is 635 g/mol. The lowest BCUT2D eigenvalue weighted by Gasteiger charge is -2.07. The van der Waals surface area contributed by atoms with Gasteiger partial charge in [0.25, 0.3) is 5.69 Å². The highest BCUT2D eigenvalue weighted by molar-refractivity contribution is 9.10. The van der Waals surface area contributed by atoms with Crippen molar-refractivity contribution in [2.24, 2.45) is 0 Å². The van der Waals surface area contributed by atoms with Crippen LogP contribution >= 0.6 is 63.0 Å². The molecule has 0 aliphatic carbocycles. The maximum atomic E-state index is 10.8. The van der Waals surface area contributed by atoms with Gasteiger partial charge < -0.3 is 0 Å². The Morgan fingerprint density at radius 2 is 0.632 bits per heavy atom. The Balaban J connectivity index is 1.14. The third-order valence-electron chi connectivity index (χ3n) is 5.28. The number of nitro groups is 1. The van der Waals surface area contributed by atoms with E-state index in [2.05, 4.69) is 113 Å². The number of nitro benzene ring substituents is 1. The van der Waals surface area contributed by atoms with Crippen molar-refractivity contribution in [3.05, 3.63) is 136 Å². The minimum Gasteiger partial charge on any atom is -0.258 e. The van der Waals surface area contributed by atoms with E-state index < -0.39 is 0 Å². The molecule has 0 aliphatic rings. The van der Waals surface area contributed by atoms with Gasteiger partial charge in [-0.3, -0.25) is 10.1 Å². The number of halogens is 1. The molecule has 3 nitrogen and oxygen atoms in total. The fraction of sp³-hybridized carbons (Fsp3) is 0. The van der Waals surface area contributed by atoms with Crippen LogP contribution in [0.5, 0.6) is 0 Å². The van der Waals surface area contributed by atoms with Gasteiger partial charge in [0.05, 0.1) is 4.92 Å². The summed E-state index contributed by atoms with van der Waals surface area (Å²) >= 11 is 10.3. The van der Waals surface area contributed by atoms with Crippen molar-refractivity contribution in [1.82, 2.24) is 0 Å². The van der Waals surface area contributed by atoms with E-state index in [1.807, 2.05) is 0 Å². The third-order valence-corrected chi connectivity index (χ3v) is 9.87. The zero-order valence-electron chi connectivity index (χ0n) is 19.8. The second-order valence-electron chi connectivity index (χ2n) is 8.03. The highest BCUT2D eigenvalue weighted by atomic mass is 79.9. The third kappa shape index (κ3) is 7.71. The lowest BCUT2D eigenvalue weighted by molar-refractivity contribution is -0.384. The van der Waals surface area contributed by atoms with E-state index in [1.54, 1.807) is 59.2 Å². The minimum atomic E-state index is -0.380. The summed E-state index contributed by atoms with van der Waals surface area (Å²) in [5.74, 6) is 0.